The van der Waals surface area contributed by atoms with Gasteiger partial charge in [-0.05, 0) is 30.0 Å². The Morgan fingerprint density at radius 3 is 2.29 bits per heavy atom. The van der Waals surface area contributed by atoms with Crippen molar-refractivity contribution >= 4 is 22.8 Å². The Morgan fingerprint density at radius 1 is 0.958 bits per heavy atom. The van der Waals surface area contributed by atoms with E-state index in [-0.39, 0.29) is 16.2 Å². The fraction of sp³-hybridized carbons (Fsp3) is 0.167. The van der Waals surface area contributed by atoms with Gasteiger partial charge in [0.15, 0.2) is 10.8 Å². The van der Waals surface area contributed by atoms with Gasteiger partial charge in [-0.15, -0.1) is 0 Å². The Hall–Kier alpha value is -2.37. The van der Waals surface area contributed by atoms with Gasteiger partial charge in [-0.1, -0.05) is 0 Å². The lowest BCUT2D eigenvalue weighted by molar-refractivity contribution is -0.144. The van der Waals surface area contributed by atoms with Gasteiger partial charge in [0.2, 0.25) is 0 Å². The predicted molar refractivity (Wildman–Crippen MR) is 70.0 cm³/mol. The van der Waals surface area contributed by atoms with Gasteiger partial charge in [-0.25, -0.2) is 15.0 Å². The molecule has 0 saturated carbocycles. The molecule has 3 aromatic heterocycles. The van der Waals surface area contributed by atoms with Crippen LogP contribution in [0.4, 0.5) is 26.3 Å². The van der Waals surface area contributed by atoms with Crippen molar-refractivity contribution in [3.05, 3.63) is 35.8 Å². The van der Waals surface area contributed by atoms with Gasteiger partial charge in [0.1, 0.15) is 17.0 Å². The Balaban J connectivity index is 2.17. The second-order valence-electron chi connectivity index (χ2n) is 4.46. The molecule has 24 heavy (non-hydrogen) atoms. The minimum atomic E-state index is -5.02. The number of aromatic nitrogens is 5. The Bertz CT molecular complexity index is 874. The van der Waals surface area contributed by atoms with E-state index in [0.717, 1.165) is 17.8 Å². The van der Waals surface area contributed by atoms with E-state index in [4.69, 9.17) is 0 Å². The Morgan fingerprint density at radius 2 is 1.71 bits per heavy atom. The molecule has 3 aromatic rings. The highest BCUT2D eigenvalue weighted by Gasteiger charge is 2.39. The number of alkyl halides is 6. The molecule has 0 aromatic carbocycles. The average molecular weight is 365 g/mol. The lowest BCUT2D eigenvalue weighted by atomic mass is 10.1. The number of nitrogens with one attached hydrogen (secondary N) is 1. The van der Waals surface area contributed by atoms with Crippen molar-refractivity contribution in [3.63, 3.8) is 0 Å². The van der Waals surface area contributed by atoms with Crippen LogP contribution in [0.1, 0.15) is 11.3 Å². The molecule has 0 unspecified atom stereocenters. The molecule has 0 bridgehead atoms. The number of hydrogen-bond acceptors (Lipinski definition) is 5. The molecule has 0 saturated heterocycles. The van der Waals surface area contributed by atoms with Crippen LogP contribution < -0.4 is 0 Å². The van der Waals surface area contributed by atoms with Crippen molar-refractivity contribution in [2.45, 2.75) is 22.5 Å². The molecule has 126 valence electrons. The monoisotopic (exact) mass is 365 g/mol. The second kappa shape index (κ2) is 5.61. The first-order valence-electron chi connectivity index (χ1n) is 6.14. The van der Waals surface area contributed by atoms with Gasteiger partial charge >= 0.3 is 12.4 Å². The lowest BCUT2D eigenvalue weighted by Crippen LogP contribution is -2.14. The number of pyridine rings is 2. The van der Waals surface area contributed by atoms with Crippen LogP contribution in [0.25, 0.3) is 11.0 Å². The smallest absolute Gasteiger partial charge is 0.254 e. The van der Waals surface area contributed by atoms with Gasteiger partial charge in [-0.3, -0.25) is 5.10 Å². The summed E-state index contributed by atoms with van der Waals surface area (Å²) in [5, 5.41) is 5.95. The molecule has 5 nitrogen and oxygen atoms in total. The largest absolute Gasteiger partial charge is 0.433 e. The normalized spacial score (nSPS) is 12.8. The van der Waals surface area contributed by atoms with Crippen molar-refractivity contribution in [2.75, 3.05) is 0 Å². The van der Waals surface area contributed by atoms with Gasteiger partial charge in [-0.2, -0.15) is 31.4 Å². The number of rotatable bonds is 2. The summed E-state index contributed by atoms with van der Waals surface area (Å²) in [5.74, 6) is 0. The highest BCUT2D eigenvalue weighted by molar-refractivity contribution is 7.99. The van der Waals surface area contributed by atoms with Gasteiger partial charge in [0.05, 0.1) is 5.56 Å². The van der Waals surface area contributed by atoms with Crippen LogP contribution in [0.15, 0.2) is 34.7 Å². The highest BCUT2D eigenvalue weighted by atomic mass is 32.2. The first-order valence-corrected chi connectivity index (χ1v) is 6.95. The zero-order valence-corrected chi connectivity index (χ0v) is 12.1. The molecular weight excluding hydrogens is 360 g/mol. The number of hydrogen-bond donors (Lipinski definition) is 1. The average Bonchev–Trinajstić information content (AvgIpc) is 2.96. The van der Waals surface area contributed by atoms with E-state index >= 15 is 0 Å². The van der Waals surface area contributed by atoms with Crippen LogP contribution in [0.3, 0.4) is 0 Å². The number of H-pyrrole nitrogens is 1. The molecule has 3 heterocycles. The van der Waals surface area contributed by atoms with Crippen molar-refractivity contribution in [3.8, 4) is 0 Å². The molecular formula is C12H5F6N5S. The topological polar surface area (TPSA) is 67.3 Å². The molecule has 0 amide bonds. The van der Waals surface area contributed by atoms with Crippen molar-refractivity contribution < 1.29 is 26.3 Å². The van der Waals surface area contributed by atoms with E-state index in [1.54, 1.807) is 0 Å². The van der Waals surface area contributed by atoms with Crippen molar-refractivity contribution in [1.82, 2.24) is 25.1 Å². The maximum Gasteiger partial charge on any atom is 0.433 e. The fourth-order valence-corrected chi connectivity index (χ4v) is 2.53. The molecule has 0 aliphatic heterocycles. The molecule has 0 fully saturated rings. The van der Waals surface area contributed by atoms with Crippen LogP contribution in [-0.2, 0) is 12.4 Å². The number of nitrogens with zero attached hydrogens (tertiary/aromatic N) is 4. The molecule has 1 N–H and O–H groups in total. The fourth-order valence-electron chi connectivity index (χ4n) is 1.87. The van der Waals surface area contributed by atoms with E-state index in [1.807, 2.05) is 0 Å². The maximum atomic E-state index is 13.0. The molecule has 12 heteroatoms. The van der Waals surface area contributed by atoms with Crippen LogP contribution in [0.5, 0.6) is 0 Å². The van der Waals surface area contributed by atoms with Gasteiger partial charge in [0, 0.05) is 5.39 Å². The summed E-state index contributed by atoms with van der Waals surface area (Å²) in [7, 11) is 0. The third-order valence-corrected chi connectivity index (χ3v) is 3.66. The maximum absolute atomic E-state index is 13.0. The summed E-state index contributed by atoms with van der Waals surface area (Å²) in [6, 6.07) is 2.24. The quantitative estimate of drug-likeness (QED) is 0.697. The van der Waals surface area contributed by atoms with Crippen LogP contribution >= 0.6 is 11.8 Å². The van der Waals surface area contributed by atoms with E-state index in [9.17, 15) is 26.3 Å². The van der Waals surface area contributed by atoms with E-state index in [0.29, 0.717) is 0 Å². The number of fused-ring (bicyclic) bond motifs is 1. The van der Waals surface area contributed by atoms with Crippen molar-refractivity contribution in [2.24, 2.45) is 0 Å². The van der Waals surface area contributed by atoms with Crippen LogP contribution in [0.2, 0.25) is 0 Å². The van der Waals surface area contributed by atoms with Crippen LogP contribution in [0, 0.1) is 0 Å². The van der Waals surface area contributed by atoms with Crippen molar-refractivity contribution in [1.29, 1.82) is 0 Å². The summed E-state index contributed by atoms with van der Waals surface area (Å²) in [6.45, 7) is 0. The zero-order valence-electron chi connectivity index (χ0n) is 11.3. The SMILES string of the molecule is FC(F)(F)c1cc(C(F)(F)F)c2ccc(Sc3ncn[nH]3)nc2n1. The summed E-state index contributed by atoms with van der Waals surface area (Å²) >= 11 is 0.893. The number of halogens is 6. The Labute approximate surface area is 133 Å². The first-order chi connectivity index (χ1) is 11.1. The highest BCUT2D eigenvalue weighted by Crippen LogP contribution is 2.38. The minimum absolute atomic E-state index is 0.0206. The summed E-state index contributed by atoms with van der Waals surface area (Å²) in [5.41, 5.74) is -3.75. The predicted octanol–water partition coefficient (Wildman–Crippen LogP) is 3.94. The summed E-state index contributed by atoms with van der Waals surface area (Å²) in [6.07, 6.45) is -8.79. The molecule has 0 spiro atoms. The number of aromatic amines is 1. The van der Waals surface area contributed by atoms with Gasteiger partial charge in [0.25, 0.3) is 0 Å². The third kappa shape index (κ3) is 3.27. The summed E-state index contributed by atoms with van der Waals surface area (Å²) in [4.78, 5) is 10.8. The van der Waals surface area contributed by atoms with E-state index in [2.05, 4.69) is 25.1 Å². The summed E-state index contributed by atoms with van der Waals surface area (Å²) < 4.78 is 77.5. The molecule has 0 aliphatic rings. The standard InChI is InChI=1S/C12H5F6N5S/c13-11(14,15)6-3-7(12(16,17)18)21-9-5(6)1-2-8(22-9)24-10-19-4-20-23-10/h1-4H,(H,19,20,23). The second-order valence-corrected chi connectivity index (χ2v) is 5.47. The Kier molecular flexibility index (Phi) is 3.86. The van der Waals surface area contributed by atoms with E-state index in [1.165, 1.54) is 12.4 Å². The van der Waals surface area contributed by atoms with Gasteiger partial charge < -0.3 is 0 Å². The molecule has 3 rings (SSSR count). The lowest BCUT2D eigenvalue weighted by Gasteiger charge is -2.13. The first kappa shape index (κ1) is 16.5. The third-order valence-electron chi connectivity index (χ3n) is 2.84. The molecule has 0 atom stereocenters. The van der Waals surface area contributed by atoms with Crippen LogP contribution in [-0.4, -0.2) is 25.1 Å². The minimum Gasteiger partial charge on any atom is -0.254 e. The molecule has 0 radical (unpaired) electrons. The molecule has 0 aliphatic carbocycles. The van der Waals surface area contributed by atoms with E-state index < -0.39 is 34.6 Å². The zero-order chi connectivity index (χ0) is 17.5.